The zero-order chi connectivity index (χ0) is 13.5. The van der Waals surface area contributed by atoms with Gasteiger partial charge in [0.25, 0.3) is 0 Å². The molecule has 2 atom stereocenters. The zero-order valence-electron chi connectivity index (χ0n) is 9.41. The van der Waals surface area contributed by atoms with Crippen LogP contribution in [-0.4, -0.2) is 11.2 Å². The molecule has 2 nitrogen and oxygen atoms in total. The number of aliphatic hydroxyl groups excluding tert-OH is 1. The minimum absolute atomic E-state index is 0.102. The summed E-state index contributed by atoms with van der Waals surface area (Å²) in [4.78, 5) is 0. The van der Waals surface area contributed by atoms with Crippen molar-refractivity contribution < 1.29 is 18.3 Å². The van der Waals surface area contributed by atoms with E-state index >= 15 is 0 Å². The quantitative estimate of drug-likeness (QED) is 0.893. The average Bonchev–Trinajstić information content (AvgIpc) is 3.10. The third kappa shape index (κ3) is 2.79. The lowest BCUT2D eigenvalue weighted by Crippen LogP contribution is -2.28. The Bertz CT molecular complexity index is 445. The number of rotatable bonds is 3. The highest BCUT2D eigenvalue weighted by atomic mass is 35.5. The smallest absolute Gasteiger partial charge is 0.391 e. The van der Waals surface area contributed by atoms with Crippen LogP contribution >= 0.6 is 11.6 Å². The van der Waals surface area contributed by atoms with E-state index < -0.39 is 23.9 Å². The van der Waals surface area contributed by atoms with Crippen molar-refractivity contribution in [2.45, 2.75) is 31.2 Å². The Kier molecular flexibility index (Phi) is 3.58. The fraction of sp³-hybridized carbons (Fsp3) is 0.500. The number of nitrogens with two attached hydrogens (primary N) is 1. The first-order valence-corrected chi connectivity index (χ1v) is 5.99. The predicted octanol–water partition coefficient (Wildman–Crippen LogP) is 3.13. The molecule has 0 bridgehead atoms. The van der Waals surface area contributed by atoms with Crippen LogP contribution in [0.3, 0.4) is 0 Å². The zero-order valence-corrected chi connectivity index (χ0v) is 10.2. The van der Waals surface area contributed by atoms with Crippen molar-refractivity contribution in [2.24, 2.45) is 11.7 Å². The van der Waals surface area contributed by atoms with Crippen molar-refractivity contribution in [3.05, 3.63) is 34.3 Å². The van der Waals surface area contributed by atoms with Gasteiger partial charge in [0, 0.05) is 0 Å². The van der Waals surface area contributed by atoms with Gasteiger partial charge in [0.05, 0.1) is 22.7 Å². The second-order valence-electron chi connectivity index (χ2n) is 4.59. The highest BCUT2D eigenvalue weighted by Gasteiger charge is 2.37. The van der Waals surface area contributed by atoms with Crippen LogP contribution in [0.2, 0.25) is 5.02 Å². The molecule has 6 heteroatoms. The Balaban J connectivity index is 2.28. The van der Waals surface area contributed by atoms with Crippen LogP contribution in [0, 0.1) is 5.92 Å². The Morgan fingerprint density at radius 1 is 1.33 bits per heavy atom. The first-order valence-electron chi connectivity index (χ1n) is 5.61. The normalized spacial score (nSPS) is 19.7. The third-order valence-electron chi connectivity index (χ3n) is 3.15. The van der Waals surface area contributed by atoms with Crippen molar-refractivity contribution >= 4 is 11.6 Å². The van der Waals surface area contributed by atoms with E-state index in [4.69, 9.17) is 17.3 Å². The molecule has 0 amide bonds. The Morgan fingerprint density at radius 3 is 2.44 bits per heavy atom. The molecule has 3 N–H and O–H groups in total. The molecule has 1 aromatic carbocycles. The summed E-state index contributed by atoms with van der Waals surface area (Å²) in [6, 6.07) is 2.70. The number of aliphatic hydroxyl groups is 1. The first-order chi connectivity index (χ1) is 8.30. The Labute approximate surface area is 108 Å². The molecule has 0 spiro atoms. The van der Waals surface area contributed by atoms with Gasteiger partial charge >= 0.3 is 6.18 Å². The molecule has 18 heavy (non-hydrogen) atoms. The number of hydrogen-bond acceptors (Lipinski definition) is 2. The van der Waals surface area contributed by atoms with Crippen LogP contribution in [0.4, 0.5) is 13.2 Å². The molecule has 100 valence electrons. The SMILES string of the molecule is N[C@H](c1ccc(Cl)c(C(F)(F)F)c1)[C@@H](O)C1CC1. The lowest BCUT2D eigenvalue weighted by molar-refractivity contribution is -0.137. The van der Waals surface area contributed by atoms with Gasteiger partial charge in [-0.2, -0.15) is 13.2 Å². The monoisotopic (exact) mass is 279 g/mol. The molecular weight excluding hydrogens is 267 g/mol. The molecule has 0 aliphatic heterocycles. The summed E-state index contributed by atoms with van der Waals surface area (Å²) in [5, 5.41) is 9.47. The number of halogens is 4. The van der Waals surface area contributed by atoms with E-state index in [1.807, 2.05) is 0 Å². The van der Waals surface area contributed by atoms with Crippen molar-refractivity contribution in [3.8, 4) is 0 Å². The highest BCUT2D eigenvalue weighted by molar-refractivity contribution is 6.31. The fourth-order valence-corrected chi connectivity index (χ4v) is 2.12. The van der Waals surface area contributed by atoms with Crippen molar-refractivity contribution in [1.29, 1.82) is 0 Å². The molecular formula is C12H13ClF3NO. The molecule has 1 aliphatic rings. The molecule has 1 aliphatic carbocycles. The molecule has 2 rings (SSSR count). The van der Waals surface area contributed by atoms with Gasteiger partial charge in [-0.25, -0.2) is 0 Å². The van der Waals surface area contributed by atoms with Crippen LogP contribution in [0.15, 0.2) is 18.2 Å². The molecule has 1 fully saturated rings. The minimum Gasteiger partial charge on any atom is -0.391 e. The maximum absolute atomic E-state index is 12.7. The summed E-state index contributed by atoms with van der Waals surface area (Å²) < 4.78 is 38.0. The second-order valence-corrected chi connectivity index (χ2v) is 5.00. The van der Waals surface area contributed by atoms with Gasteiger partial charge in [-0.15, -0.1) is 0 Å². The summed E-state index contributed by atoms with van der Waals surface area (Å²) in [5.74, 6) is 0.102. The van der Waals surface area contributed by atoms with E-state index in [1.165, 1.54) is 12.1 Å². The van der Waals surface area contributed by atoms with E-state index in [9.17, 15) is 18.3 Å². The summed E-state index contributed by atoms with van der Waals surface area (Å²) in [5.41, 5.74) is 5.12. The van der Waals surface area contributed by atoms with Crippen molar-refractivity contribution in [1.82, 2.24) is 0 Å². The van der Waals surface area contributed by atoms with Crippen molar-refractivity contribution in [3.63, 3.8) is 0 Å². The molecule has 1 saturated carbocycles. The maximum atomic E-state index is 12.7. The van der Waals surface area contributed by atoms with Crippen LogP contribution in [0.25, 0.3) is 0 Å². The summed E-state index contributed by atoms with van der Waals surface area (Å²) >= 11 is 5.52. The molecule has 0 heterocycles. The largest absolute Gasteiger partial charge is 0.417 e. The van der Waals surface area contributed by atoms with Gasteiger partial charge < -0.3 is 10.8 Å². The maximum Gasteiger partial charge on any atom is 0.417 e. The van der Waals surface area contributed by atoms with Crippen LogP contribution in [0.1, 0.15) is 30.0 Å². The van der Waals surface area contributed by atoms with Crippen molar-refractivity contribution in [2.75, 3.05) is 0 Å². The fourth-order valence-electron chi connectivity index (χ4n) is 1.90. The van der Waals surface area contributed by atoms with Crippen LogP contribution < -0.4 is 5.73 Å². The summed E-state index contributed by atoms with van der Waals surface area (Å²) in [6.07, 6.45) is -3.58. The summed E-state index contributed by atoms with van der Waals surface area (Å²) in [6.45, 7) is 0. The standard InChI is InChI=1S/C12H13ClF3NO/c13-9-4-3-7(5-8(9)12(14,15)16)10(17)11(18)6-1-2-6/h3-6,10-11,18H,1-2,17H2/t10-,11+/m1/s1. The van der Waals surface area contributed by atoms with Gasteiger partial charge in [0.15, 0.2) is 0 Å². The number of hydrogen-bond donors (Lipinski definition) is 2. The average molecular weight is 280 g/mol. The molecule has 0 radical (unpaired) electrons. The lowest BCUT2D eigenvalue weighted by atomic mass is 9.97. The highest BCUT2D eigenvalue weighted by Crippen LogP contribution is 2.39. The lowest BCUT2D eigenvalue weighted by Gasteiger charge is -2.20. The first kappa shape index (κ1) is 13.6. The van der Waals surface area contributed by atoms with Gasteiger partial charge in [-0.05, 0) is 36.5 Å². The number of benzene rings is 1. The van der Waals surface area contributed by atoms with Gasteiger partial charge in [0.2, 0.25) is 0 Å². The van der Waals surface area contributed by atoms with Gasteiger partial charge in [-0.3, -0.25) is 0 Å². The van der Waals surface area contributed by atoms with E-state index in [2.05, 4.69) is 0 Å². The molecule has 1 aromatic rings. The topological polar surface area (TPSA) is 46.2 Å². The Hall–Kier alpha value is -0.780. The molecule has 0 saturated heterocycles. The third-order valence-corrected chi connectivity index (χ3v) is 3.48. The second kappa shape index (κ2) is 4.72. The molecule has 0 aromatic heterocycles. The van der Waals surface area contributed by atoms with Gasteiger partial charge in [-0.1, -0.05) is 17.7 Å². The minimum atomic E-state index is -4.52. The summed E-state index contributed by atoms with van der Waals surface area (Å²) in [7, 11) is 0. The van der Waals surface area contributed by atoms with Gasteiger partial charge in [0.1, 0.15) is 0 Å². The number of alkyl halides is 3. The van der Waals surface area contributed by atoms with E-state index in [1.54, 1.807) is 0 Å². The molecule has 0 unspecified atom stereocenters. The van der Waals surface area contributed by atoms with E-state index in [0.29, 0.717) is 0 Å². The Morgan fingerprint density at radius 2 is 1.94 bits per heavy atom. The predicted molar refractivity (Wildman–Crippen MR) is 62.1 cm³/mol. The van der Waals surface area contributed by atoms with E-state index in [0.717, 1.165) is 18.9 Å². The van der Waals surface area contributed by atoms with Crippen LogP contribution in [-0.2, 0) is 6.18 Å². The van der Waals surface area contributed by atoms with Crippen LogP contribution in [0.5, 0.6) is 0 Å². The van der Waals surface area contributed by atoms with E-state index in [-0.39, 0.29) is 16.5 Å².